The first kappa shape index (κ1) is 14.0. The van der Waals surface area contributed by atoms with E-state index in [-0.39, 0.29) is 6.54 Å². The number of rotatable bonds is 4. The Morgan fingerprint density at radius 2 is 1.88 bits per heavy atom. The van der Waals surface area contributed by atoms with Crippen LogP contribution in [0.5, 0.6) is 0 Å². The summed E-state index contributed by atoms with van der Waals surface area (Å²) in [4.78, 5) is -0.646. The molecule has 1 aromatic rings. The third-order valence-corrected chi connectivity index (χ3v) is 4.01. The van der Waals surface area contributed by atoms with Crippen LogP contribution in [0, 0.1) is 11.6 Å². The standard InChI is InChI=1S/C10H14F2N2O2S/c1-13-6-7-4-8(11)10(12)9(5-7)17(15,16)14(2)3/h4-5,13H,6H2,1-3H3. The van der Waals surface area contributed by atoms with E-state index in [1.807, 2.05) is 0 Å². The molecular formula is C10H14F2N2O2S. The molecular weight excluding hydrogens is 250 g/mol. The van der Waals surface area contributed by atoms with E-state index in [2.05, 4.69) is 5.32 Å². The minimum Gasteiger partial charge on any atom is -0.316 e. The number of hydrogen-bond donors (Lipinski definition) is 1. The van der Waals surface area contributed by atoms with Crippen molar-refractivity contribution < 1.29 is 17.2 Å². The monoisotopic (exact) mass is 264 g/mol. The van der Waals surface area contributed by atoms with Gasteiger partial charge in [0.15, 0.2) is 11.6 Å². The van der Waals surface area contributed by atoms with E-state index in [0.29, 0.717) is 5.56 Å². The third-order valence-electron chi connectivity index (χ3n) is 2.19. The van der Waals surface area contributed by atoms with Gasteiger partial charge in [-0.1, -0.05) is 0 Å². The van der Waals surface area contributed by atoms with E-state index in [1.165, 1.54) is 14.1 Å². The number of nitrogens with zero attached hydrogens (tertiary/aromatic N) is 1. The summed E-state index contributed by atoms with van der Waals surface area (Å²) < 4.78 is 51.1. The molecule has 7 heteroatoms. The summed E-state index contributed by atoms with van der Waals surface area (Å²) in [7, 11) is 0.169. The molecule has 0 saturated carbocycles. The van der Waals surface area contributed by atoms with E-state index >= 15 is 0 Å². The lowest BCUT2D eigenvalue weighted by Gasteiger charge is -2.13. The molecule has 1 N–H and O–H groups in total. The van der Waals surface area contributed by atoms with Crippen LogP contribution in [0.1, 0.15) is 5.56 Å². The van der Waals surface area contributed by atoms with Crippen molar-refractivity contribution in [3.63, 3.8) is 0 Å². The fourth-order valence-corrected chi connectivity index (χ4v) is 2.33. The molecule has 0 spiro atoms. The maximum atomic E-state index is 13.5. The van der Waals surface area contributed by atoms with E-state index < -0.39 is 26.6 Å². The predicted octanol–water partition coefficient (Wildman–Crippen LogP) is 0.935. The topological polar surface area (TPSA) is 49.4 Å². The third kappa shape index (κ3) is 2.80. The number of sulfonamides is 1. The van der Waals surface area contributed by atoms with Gasteiger partial charge in [0.2, 0.25) is 10.0 Å². The molecule has 0 radical (unpaired) electrons. The average molecular weight is 264 g/mol. The van der Waals surface area contributed by atoms with Gasteiger partial charge in [-0.15, -0.1) is 0 Å². The second kappa shape index (κ2) is 5.07. The summed E-state index contributed by atoms with van der Waals surface area (Å²) in [5, 5.41) is 2.74. The molecule has 0 unspecified atom stereocenters. The Balaban J connectivity index is 3.43. The average Bonchev–Trinajstić information content (AvgIpc) is 2.23. The summed E-state index contributed by atoms with van der Waals surface area (Å²) >= 11 is 0. The summed E-state index contributed by atoms with van der Waals surface area (Å²) in [6.07, 6.45) is 0. The largest absolute Gasteiger partial charge is 0.316 e. The molecule has 0 aliphatic rings. The summed E-state index contributed by atoms with van der Waals surface area (Å²) in [5.41, 5.74) is 0.367. The van der Waals surface area contributed by atoms with Crippen molar-refractivity contribution in [1.29, 1.82) is 0 Å². The molecule has 0 amide bonds. The van der Waals surface area contributed by atoms with E-state index in [9.17, 15) is 17.2 Å². The zero-order valence-electron chi connectivity index (χ0n) is 9.79. The van der Waals surface area contributed by atoms with Gasteiger partial charge in [-0.2, -0.15) is 0 Å². The number of benzene rings is 1. The van der Waals surface area contributed by atoms with Crippen LogP contribution in [0.15, 0.2) is 17.0 Å². The molecule has 1 rings (SSSR count). The molecule has 0 atom stereocenters. The minimum absolute atomic E-state index is 0.257. The Labute approximate surface area is 99.3 Å². The van der Waals surface area contributed by atoms with Crippen LogP contribution >= 0.6 is 0 Å². The SMILES string of the molecule is CNCc1cc(F)c(F)c(S(=O)(=O)N(C)C)c1. The van der Waals surface area contributed by atoms with E-state index in [1.54, 1.807) is 7.05 Å². The molecule has 0 fully saturated rings. The molecule has 0 aromatic heterocycles. The van der Waals surface area contributed by atoms with Crippen molar-refractivity contribution in [3.05, 3.63) is 29.3 Å². The van der Waals surface area contributed by atoms with Gasteiger partial charge in [0, 0.05) is 20.6 Å². The molecule has 17 heavy (non-hydrogen) atoms. The maximum Gasteiger partial charge on any atom is 0.245 e. The molecule has 1 aromatic carbocycles. The highest BCUT2D eigenvalue weighted by molar-refractivity contribution is 7.89. The van der Waals surface area contributed by atoms with Crippen molar-refractivity contribution in [3.8, 4) is 0 Å². The first-order chi connectivity index (χ1) is 7.80. The fraction of sp³-hybridized carbons (Fsp3) is 0.400. The summed E-state index contributed by atoms with van der Waals surface area (Å²) in [6.45, 7) is 0.257. The zero-order valence-corrected chi connectivity index (χ0v) is 10.6. The predicted molar refractivity (Wildman–Crippen MR) is 60.0 cm³/mol. The molecule has 0 bridgehead atoms. The Morgan fingerprint density at radius 3 is 2.35 bits per heavy atom. The van der Waals surface area contributed by atoms with Crippen LogP contribution < -0.4 is 5.32 Å². The van der Waals surface area contributed by atoms with Crippen molar-refractivity contribution in [1.82, 2.24) is 9.62 Å². The second-order valence-electron chi connectivity index (χ2n) is 3.71. The molecule has 0 aliphatic carbocycles. The first-order valence-electron chi connectivity index (χ1n) is 4.85. The van der Waals surface area contributed by atoms with Crippen LogP contribution in [-0.4, -0.2) is 33.9 Å². The molecule has 4 nitrogen and oxygen atoms in total. The van der Waals surface area contributed by atoms with Gasteiger partial charge < -0.3 is 5.32 Å². The number of halogens is 2. The number of nitrogens with one attached hydrogen (secondary N) is 1. The van der Waals surface area contributed by atoms with Gasteiger partial charge in [-0.05, 0) is 24.7 Å². The summed E-state index contributed by atoms with van der Waals surface area (Å²) in [6, 6.07) is 2.10. The molecule has 0 saturated heterocycles. The van der Waals surface area contributed by atoms with Gasteiger partial charge >= 0.3 is 0 Å². The first-order valence-corrected chi connectivity index (χ1v) is 6.29. The van der Waals surface area contributed by atoms with Crippen molar-refractivity contribution in [2.75, 3.05) is 21.1 Å². The molecule has 0 aliphatic heterocycles. The van der Waals surface area contributed by atoms with E-state index in [4.69, 9.17) is 0 Å². The molecule has 96 valence electrons. The van der Waals surface area contributed by atoms with Gasteiger partial charge in [0.25, 0.3) is 0 Å². The van der Waals surface area contributed by atoms with Gasteiger partial charge in [0.05, 0.1) is 0 Å². The zero-order chi connectivity index (χ0) is 13.2. The lowest BCUT2D eigenvalue weighted by Crippen LogP contribution is -2.24. The minimum atomic E-state index is -3.98. The van der Waals surface area contributed by atoms with Crippen molar-refractivity contribution >= 4 is 10.0 Å². The Hall–Kier alpha value is -1.05. The molecule has 0 heterocycles. The van der Waals surface area contributed by atoms with E-state index in [0.717, 1.165) is 16.4 Å². The van der Waals surface area contributed by atoms with Crippen LogP contribution in [0.4, 0.5) is 8.78 Å². The highest BCUT2D eigenvalue weighted by Gasteiger charge is 2.24. The van der Waals surface area contributed by atoms with Crippen molar-refractivity contribution in [2.24, 2.45) is 0 Å². The Bertz CT molecular complexity index is 515. The lowest BCUT2D eigenvalue weighted by molar-refractivity contribution is 0.469. The quantitative estimate of drug-likeness (QED) is 0.880. The number of hydrogen-bond acceptors (Lipinski definition) is 3. The van der Waals surface area contributed by atoms with Crippen LogP contribution in [0.2, 0.25) is 0 Å². The normalized spacial score (nSPS) is 12.1. The second-order valence-corrected chi connectivity index (χ2v) is 5.83. The van der Waals surface area contributed by atoms with Crippen molar-refractivity contribution in [2.45, 2.75) is 11.4 Å². The van der Waals surface area contributed by atoms with Gasteiger partial charge in [0.1, 0.15) is 4.90 Å². The highest BCUT2D eigenvalue weighted by Crippen LogP contribution is 2.21. The van der Waals surface area contributed by atoms with Crippen LogP contribution in [0.3, 0.4) is 0 Å². The maximum absolute atomic E-state index is 13.5. The van der Waals surface area contributed by atoms with Gasteiger partial charge in [-0.25, -0.2) is 21.5 Å². The van der Waals surface area contributed by atoms with Gasteiger partial charge in [-0.3, -0.25) is 0 Å². The van der Waals surface area contributed by atoms with Crippen LogP contribution in [-0.2, 0) is 16.6 Å². The Kier molecular flexibility index (Phi) is 4.18. The Morgan fingerprint density at radius 1 is 1.29 bits per heavy atom. The lowest BCUT2D eigenvalue weighted by atomic mass is 10.2. The smallest absolute Gasteiger partial charge is 0.245 e. The van der Waals surface area contributed by atoms with Crippen LogP contribution in [0.25, 0.3) is 0 Å². The highest BCUT2D eigenvalue weighted by atomic mass is 32.2. The summed E-state index contributed by atoms with van der Waals surface area (Å²) in [5.74, 6) is -2.52. The fourth-order valence-electron chi connectivity index (χ4n) is 1.31.